The summed E-state index contributed by atoms with van der Waals surface area (Å²) < 4.78 is 136. The topological polar surface area (TPSA) is 303 Å². The van der Waals surface area contributed by atoms with E-state index >= 15 is 0 Å². The Balaban J connectivity index is 1.61. The number of carbonyl (C=O) groups is 3. The Labute approximate surface area is 365 Å². The lowest BCUT2D eigenvalue weighted by Crippen LogP contribution is -2.42. The predicted molar refractivity (Wildman–Crippen MR) is 220 cm³/mol. The summed E-state index contributed by atoms with van der Waals surface area (Å²) in [7, 11) is -14.6. The summed E-state index contributed by atoms with van der Waals surface area (Å²) in [5.74, 6) is -2.30. The zero-order chi connectivity index (χ0) is 45.8. The van der Waals surface area contributed by atoms with E-state index < -0.39 is 86.8 Å². The average molecular weight is 951 g/mol. The minimum atomic E-state index is -4.99. The predicted octanol–water partition coefficient (Wildman–Crippen LogP) is 3.84. The monoisotopic (exact) mass is 950 g/mol. The standard InChI is InChI=1S/C38H66N2O19S3/c1-28(2)22-36(42)55-30-23-34-32-17-11-4-3-5-13-19-35(41)39-25-37(43)56-31(16-10-6-8-14-20-38(24-30,57-32)58-34)33(59-62(50,51)52)18-12-7-9-15-21-53-26-29(40-60(44,45)46)27-54-61(47,48)49/h13,19,28-34,40H,3-12,14-18,20-27H2,1-2H3,(H,39,41)(H,44,45,46)(H,47,48,49)(H,50,51,52). The Morgan fingerprint density at radius 3 is 2.29 bits per heavy atom. The summed E-state index contributed by atoms with van der Waals surface area (Å²) >= 11 is 0. The molecule has 360 valence electrons. The maximum absolute atomic E-state index is 13.0. The molecular weight excluding hydrogens is 885 g/mol. The van der Waals surface area contributed by atoms with Gasteiger partial charge in [-0.1, -0.05) is 64.9 Å². The number of cyclic esters (lactones) is 1. The van der Waals surface area contributed by atoms with Gasteiger partial charge in [0.15, 0.2) is 5.79 Å². The van der Waals surface area contributed by atoms with Gasteiger partial charge in [-0.25, -0.2) is 8.37 Å². The van der Waals surface area contributed by atoms with Crippen LogP contribution in [0.3, 0.4) is 0 Å². The van der Waals surface area contributed by atoms with Gasteiger partial charge in [0.25, 0.3) is 0 Å². The maximum atomic E-state index is 13.0. The van der Waals surface area contributed by atoms with E-state index in [-0.39, 0.29) is 49.6 Å². The van der Waals surface area contributed by atoms with Crippen LogP contribution in [0.2, 0.25) is 0 Å². The highest BCUT2D eigenvalue weighted by atomic mass is 32.3. The molecule has 2 fully saturated rings. The summed E-state index contributed by atoms with van der Waals surface area (Å²) in [5, 5.41) is 2.48. The first-order chi connectivity index (χ1) is 29.1. The van der Waals surface area contributed by atoms with Gasteiger partial charge in [-0.05, 0) is 63.4 Å². The number of fused-ring (bicyclic) bond motifs is 3. The van der Waals surface area contributed by atoms with Crippen molar-refractivity contribution in [2.24, 2.45) is 5.92 Å². The Bertz CT molecular complexity index is 1760. The summed E-state index contributed by atoms with van der Waals surface area (Å²) in [6.45, 7) is 2.23. The lowest BCUT2D eigenvalue weighted by Gasteiger charge is -2.36. The number of ether oxygens (including phenoxy) is 5. The van der Waals surface area contributed by atoms with Crippen LogP contribution in [0.25, 0.3) is 0 Å². The number of hydrogen-bond acceptors (Lipinski definition) is 16. The van der Waals surface area contributed by atoms with Crippen molar-refractivity contribution in [2.75, 3.05) is 26.4 Å². The van der Waals surface area contributed by atoms with Gasteiger partial charge in [0.1, 0.15) is 24.9 Å². The minimum Gasteiger partial charge on any atom is -0.462 e. The number of amides is 1. The molecule has 3 aliphatic heterocycles. The SMILES string of the molecule is CC(C)CC(=O)OC1CC2OC3(CCCCCCC(C(CCCCCCOCC(COS(=O)(=O)O)NS(=O)(=O)O)OS(=O)(=O)O)OC(=O)CNC(=O)C=CCCCCCC2O3)C1. The largest absolute Gasteiger partial charge is 0.462 e. The Morgan fingerprint density at radius 2 is 1.58 bits per heavy atom. The number of rotatable bonds is 20. The minimum absolute atomic E-state index is 0.0451. The van der Waals surface area contributed by atoms with Crippen LogP contribution in [0.1, 0.15) is 136 Å². The molecule has 1 spiro atoms. The quantitative estimate of drug-likeness (QED) is 0.0658. The fourth-order valence-electron chi connectivity index (χ4n) is 7.73. The molecule has 62 heavy (non-hydrogen) atoms. The zero-order valence-electron chi connectivity index (χ0n) is 35.6. The Morgan fingerprint density at radius 1 is 0.887 bits per heavy atom. The van der Waals surface area contributed by atoms with Crippen molar-refractivity contribution in [2.45, 2.75) is 178 Å². The van der Waals surface area contributed by atoms with Crippen molar-refractivity contribution < 1.29 is 85.3 Å². The third-order valence-corrected chi connectivity index (χ3v) is 12.0. The highest BCUT2D eigenvalue weighted by Crippen LogP contribution is 2.45. The molecule has 5 N–H and O–H groups in total. The molecular formula is C38H66N2O19S3. The number of esters is 2. The van der Waals surface area contributed by atoms with E-state index in [1.54, 1.807) is 10.8 Å². The Kier molecular flexibility index (Phi) is 23.1. The van der Waals surface area contributed by atoms with Gasteiger partial charge in [-0.3, -0.25) is 28.0 Å². The molecule has 0 aromatic heterocycles. The van der Waals surface area contributed by atoms with Crippen LogP contribution in [0.15, 0.2) is 12.2 Å². The van der Waals surface area contributed by atoms with E-state index in [9.17, 15) is 44.2 Å². The van der Waals surface area contributed by atoms with Crippen LogP contribution in [0, 0.1) is 5.92 Å². The Hall–Kier alpha value is -2.36. The van der Waals surface area contributed by atoms with Crippen LogP contribution in [-0.2, 0) is 77.5 Å². The molecule has 2 saturated heterocycles. The van der Waals surface area contributed by atoms with Gasteiger partial charge in [-0.15, -0.1) is 0 Å². The molecule has 7 atom stereocenters. The highest BCUT2D eigenvalue weighted by molar-refractivity contribution is 7.83. The number of carbonyl (C=O) groups excluding carboxylic acids is 3. The molecule has 24 heteroatoms. The van der Waals surface area contributed by atoms with Crippen molar-refractivity contribution in [3.05, 3.63) is 12.2 Å². The molecule has 0 aromatic carbocycles. The van der Waals surface area contributed by atoms with Gasteiger partial charge in [0.2, 0.25) is 5.91 Å². The highest BCUT2D eigenvalue weighted by Gasteiger charge is 2.53. The van der Waals surface area contributed by atoms with Crippen molar-refractivity contribution in [1.29, 1.82) is 0 Å². The van der Waals surface area contributed by atoms with Gasteiger partial charge < -0.3 is 29.0 Å². The van der Waals surface area contributed by atoms with Gasteiger partial charge in [0.05, 0.1) is 31.5 Å². The maximum Gasteiger partial charge on any atom is 0.397 e. The third-order valence-electron chi connectivity index (χ3n) is 10.4. The fraction of sp³-hybridized carbons (Fsp3) is 0.868. The first-order valence-electron chi connectivity index (χ1n) is 21.4. The van der Waals surface area contributed by atoms with Crippen LogP contribution in [-0.4, -0.2) is 125 Å². The molecule has 7 unspecified atom stereocenters. The molecule has 0 radical (unpaired) electrons. The van der Waals surface area contributed by atoms with Crippen molar-refractivity contribution in [3.8, 4) is 0 Å². The molecule has 3 rings (SSSR count). The fourth-order valence-corrected chi connectivity index (χ4v) is 9.16. The van der Waals surface area contributed by atoms with Crippen LogP contribution >= 0.6 is 0 Å². The van der Waals surface area contributed by atoms with Crippen LogP contribution in [0.4, 0.5) is 0 Å². The summed E-state index contributed by atoms with van der Waals surface area (Å²) in [6.07, 6.45) is 10.5. The van der Waals surface area contributed by atoms with Crippen LogP contribution < -0.4 is 10.0 Å². The molecule has 0 aromatic rings. The van der Waals surface area contributed by atoms with E-state index in [4.69, 9.17) is 37.0 Å². The van der Waals surface area contributed by atoms with E-state index in [1.807, 2.05) is 13.8 Å². The summed E-state index contributed by atoms with van der Waals surface area (Å²) in [4.78, 5) is 38.0. The second-order valence-electron chi connectivity index (χ2n) is 16.5. The molecule has 3 aliphatic rings. The smallest absolute Gasteiger partial charge is 0.397 e. The van der Waals surface area contributed by atoms with Crippen molar-refractivity contribution in [3.63, 3.8) is 0 Å². The summed E-state index contributed by atoms with van der Waals surface area (Å²) in [6, 6.07) is -1.35. The third kappa shape index (κ3) is 23.5. The second-order valence-corrected chi connectivity index (χ2v) is 19.8. The van der Waals surface area contributed by atoms with Gasteiger partial charge >= 0.3 is 43.0 Å². The van der Waals surface area contributed by atoms with Gasteiger partial charge in [-0.2, -0.15) is 30.0 Å². The number of unbranched alkanes of at least 4 members (excludes halogenated alkanes) is 3. The average Bonchev–Trinajstić information content (AvgIpc) is 3.40. The van der Waals surface area contributed by atoms with Crippen molar-refractivity contribution >= 4 is 48.9 Å². The molecule has 3 bridgehead atoms. The van der Waals surface area contributed by atoms with E-state index in [0.717, 1.165) is 32.1 Å². The number of allylic oxidation sites excluding steroid dienone is 1. The molecule has 0 aliphatic carbocycles. The van der Waals surface area contributed by atoms with Gasteiger partial charge in [0, 0.05) is 32.3 Å². The molecule has 21 nitrogen and oxygen atoms in total. The lowest BCUT2D eigenvalue weighted by atomic mass is 9.93. The molecule has 3 heterocycles. The number of nitrogens with one attached hydrogen (secondary N) is 2. The first kappa shape index (κ1) is 54.0. The molecule has 1 amide bonds. The summed E-state index contributed by atoms with van der Waals surface area (Å²) in [5.41, 5.74) is 0. The first-order valence-corrected chi connectivity index (χ1v) is 25.6. The van der Waals surface area contributed by atoms with E-state index in [2.05, 4.69) is 9.50 Å². The second kappa shape index (κ2) is 26.6. The number of hydrogen-bond donors (Lipinski definition) is 5. The van der Waals surface area contributed by atoms with Crippen LogP contribution in [0.5, 0.6) is 0 Å². The lowest BCUT2D eigenvalue weighted by molar-refractivity contribution is -0.223. The molecule has 0 saturated carbocycles. The van der Waals surface area contributed by atoms with E-state index in [0.29, 0.717) is 77.0 Å². The van der Waals surface area contributed by atoms with Crippen molar-refractivity contribution in [1.82, 2.24) is 10.0 Å². The van der Waals surface area contributed by atoms with E-state index in [1.165, 1.54) is 6.08 Å². The zero-order valence-corrected chi connectivity index (χ0v) is 38.0. The normalized spacial score (nSPS) is 26.4.